The molecule has 1 aliphatic carbocycles. The van der Waals surface area contributed by atoms with Crippen molar-refractivity contribution in [2.45, 2.75) is 31.4 Å². The van der Waals surface area contributed by atoms with Crippen LogP contribution in [0, 0.1) is 0 Å². The molecular weight excluding hydrogens is 90.1 g/mol. The highest BCUT2D eigenvalue weighted by molar-refractivity contribution is 4.76. The summed E-state index contributed by atoms with van der Waals surface area (Å²) in [5.41, 5.74) is 5.47. The van der Waals surface area contributed by atoms with Gasteiger partial charge in [-0.1, -0.05) is 0 Å². The van der Waals surface area contributed by atoms with Crippen molar-refractivity contribution >= 4 is 0 Å². The van der Waals surface area contributed by atoms with E-state index < -0.39 is 0 Å². The van der Waals surface area contributed by atoms with Crippen LogP contribution in [0.1, 0.15) is 19.3 Å². The van der Waals surface area contributed by atoms with Gasteiger partial charge in [0.2, 0.25) is 0 Å². The smallest absolute Gasteiger partial charge is 0.0555 e. The van der Waals surface area contributed by atoms with Crippen molar-refractivity contribution < 1.29 is 5.11 Å². The number of hydrogen-bond donors (Lipinski definition) is 2. The maximum Gasteiger partial charge on any atom is 0.0555 e. The molecule has 1 fully saturated rings. The Hall–Kier alpha value is -0.0800. The summed E-state index contributed by atoms with van der Waals surface area (Å²) in [5, 5.41) is 8.82. The van der Waals surface area contributed by atoms with Crippen LogP contribution in [0.5, 0.6) is 0 Å². The van der Waals surface area contributed by atoms with Gasteiger partial charge in [-0.15, -0.1) is 0 Å². The van der Waals surface area contributed by atoms with E-state index in [0.717, 1.165) is 19.3 Å². The molecule has 2 nitrogen and oxygen atoms in total. The summed E-state index contributed by atoms with van der Waals surface area (Å²) in [6, 6.07) is 0.273. The molecule has 1 saturated carbocycles. The van der Waals surface area contributed by atoms with Crippen LogP contribution in [0.2, 0.25) is 0 Å². The van der Waals surface area contributed by atoms with E-state index in [1.165, 1.54) is 0 Å². The lowest BCUT2D eigenvalue weighted by Crippen LogP contribution is -2.15. The second kappa shape index (κ2) is 1.80. The van der Waals surface area contributed by atoms with Gasteiger partial charge in [0.15, 0.2) is 0 Å². The van der Waals surface area contributed by atoms with Crippen LogP contribution in [0.25, 0.3) is 0 Å². The molecule has 7 heavy (non-hydrogen) atoms. The quantitative estimate of drug-likeness (QED) is 0.446. The number of rotatable bonds is 0. The molecule has 0 spiro atoms. The Morgan fingerprint density at radius 2 is 2.14 bits per heavy atom. The monoisotopic (exact) mass is 101 g/mol. The molecular formula is C5H11NO. The standard InChI is InChI=1S/C5H11NO/c6-4-1-2-5(7)3-4/h4-5,7H,1-3,6H2/t4-,5?/m0/s1. The second-order valence-corrected chi connectivity index (χ2v) is 2.23. The average molecular weight is 101 g/mol. The topological polar surface area (TPSA) is 46.2 Å². The van der Waals surface area contributed by atoms with Crippen LogP contribution >= 0.6 is 0 Å². The lowest BCUT2D eigenvalue weighted by Gasteiger charge is -1.96. The van der Waals surface area contributed by atoms with Crippen molar-refractivity contribution in [2.24, 2.45) is 5.73 Å². The molecule has 0 bridgehead atoms. The van der Waals surface area contributed by atoms with E-state index in [4.69, 9.17) is 10.8 Å². The van der Waals surface area contributed by atoms with Gasteiger partial charge in [0, 0.05) is 6.04 Å². The van der Waals surface area contributed by atoms with E-state index >= 15 is 0 Å². The summed E-state index contributed by atoms with van der Waals surface area (Å²) in [5.74, 6) is 0. The van der Waals surface area contributed by atoms with E-state index in [9.17, 15) is 0 Å². The van der Waals surface area contributed by atoms with Crippen molar-refractivity contribution in [2.75, 3.05) is 0 Å². The molecule has 0 aromatic rings. The Bertz CT molecular complexity index is 57.1. The molecule has 1 aliphatic rings. The minimum absolute atomic E-state index is 0.102. The first kappa shape index (κ1) is 5.06. The van der Waals surface area contributed by atoms with E-state index in [-0.39, 0.29) is 12.1 Å². The van der Waals surface area contributed by atoms with Gasteiger partial charge < -0.3 is 10.8 Å². The van der Waals surface area contributed by atoms with Crippen molar-refractivity contribution in [3.63, 3.8) is 0 Å². The van der Waals surface area contributed by atoms with Gasteiger partial charge in [0.1, 0.15) is 0 Å². The molecule has 42 valence electrons. The SMILES string of the molecule is N[C@H]1CCC(O)C1. The number of aliphatic hydroxyl groups is 1. The Labute approximate surface area is 43.3 Å². The minimum atomic E-state index is -0.102. The van der Waals surface area contributed by atoms with Gasteiger partial charge in [0.25, 0.3) is 0 Å². The molecule has 0 aromatic heterocycles. The molecule has 0 aliphatic heterocycles. The van der Waals surface area contributed by atoms with Crippen LogP contribution < -0.4 is 5.73 Å². The highest BCUT2D eigenvalue weighted by atomic mass is 16.3. The molecule has 0 saturated heterocycles. The molecule has 0 radical (unpaired) electrons. The number of hydrogen-bond acceptors (Lipinski definition) is 2. The number of aliphatic hydroxyl groups excluding tert-OH is 1. The lowest BCUT2D eigenvalue weighted by molar-refractivity contribution is 0.181. The first-order valence-corrected chi connectivity index (χ1v) is 2.72. The van der Waals surface area contributed by atoms with Crippen molar-refractivity contribution in [3.8, 4) is 0 Å². The minimum Gasteiger partial charge on any atom is -0.393 e. The number of nitrogens with two attached hydrogens (primary N) is 1. The molecule has 2 heteroatoms. The molecule has 2 atom stereocenters. The second-order valence-electron chi connectivity index (χ2n) is 2.23. The molecule has 0 aromatic carbocycles. The highest BCUT2D eigenvalue weighted by Gasteiger charge is 2.18. The zero-order valence-electron chi connectivity index (χ0n) is 4.30. The maximum atomic E-state index is 8.82. The van der Waals surface area contributed by atoms with E-state index in [1.54, 1.807) is 0 Å². The average Bonchev–Trinajstić information content (AvgIpc) is 1.87. The summed E-state index contributed by atoms with van der Waals surface area (Å²) in [6.45, 7) is 0. The fourth-order valence-electron chi connectivity index (χ4n) is 0.992. The molecule has 3 N–H and O–H groups in total. The largest absolute Gasteiger partial charge is 0.393 e. The first-order valence-electron chi connectivity index (χ1n) is 2.72. The van der Waals surface area contributed by atoms with Crippen molar-refractivity contribution in [1.82, 2.24) is 0 Å². The Balaban J connectivity index is 2.26. The Morgan fingerprint density at radius 1 is 1.43 bits per heavy atom. The fourth-order valence-corrected chi connectivity index (χ4v) is 0.992. The van der Waals surface area contributed by atoms with E-state index in [2.05, 4.69) is 0 Å². The van der Waals surface area contributed by atoms with Gasteiger partial charge in [-0.3, -0.25) is 0 Å². The maximum absolute atomic E-state index is 8.82. The normalized spacial score (nSPS) is 42.0. The predicted octanol–water partition coefficient (Wildman–Crippen LogP) is -0.142. The van der Waals surface area contributed by atoms with E-state index in [1.807, 2.05) is 0 Å². The lowest BCUT2D eigenvalue weighted by atomic mass is 10.3. The van der Waals surface area contributed by atoms with Crippen LogP contribution in [-0.4, -0.2) is 17.3 Å². The summed E-state index contributed by atoms with van der Waals surface area (Å²) in [4.78, 5) is 0. The molecule has 0 heterocycles. The molecule has 1 rings (SSSR count). The zero-order chi connectivity index (χ0) is 5.28. The predicted molar refractivity (Wildman–Crippen MR) is 27.8 cm³/mol. The van der Waals surface area contributed by atoms with Gasteiger partial charge in [-0.2, -0.15) is 0 Å². The first-order chi connectivity index (χ1) is 3.29. The van der Waals surface area contributed by atoms with Gasteiger partial charge in [-0.05, 0) is 19.3 Å². The van der Waals surface area contributed by atoms with Gasteiger partial charge in [-0.25, -0.2) is 0 Å². The highest BCUT2D eigenvalue weighted by Crippen LogP contribution is 2.15. The summed E-state index contributed by atoms with van der Waals surface area (Å²) >= 11 is 0. The molecule has 0 amide bonds. The zero-order valence-corrected chi connectivity index (χ0v) is 4.30. The van der Waals surface area contributed by atoms with Crippen molar-refractivity contribution in [1.29, 1.82) is 0 Å². The Morgan fingerprint density at radius 3 is 2.29 bits per heavy atom. The summed E-state index contributed by atoms with van der Waals surface area (Å²) in [6.07, 6.45) is 2.61. The van der Waals surface area contributed by atoms with Gasteiger partial charge >= 0.3 is 0 Å². The van der Waals surface area contributed by atoms with Crippen molar-refractivity contribution in [3.05, 3.63) is 0 Å². The third kappa shape index (κ3) is 1.14. The van der Waals surface area contributed by atoms with E-state index in [0.29, 0.717) is 0 Å². The van der Waals surface area contributed by atoms with Crippen LogP contribution in [0.15, 0.2) is 0 Å². The fraction of sp³-hybridized carbons (Fsp3) is 1.00. The van der Waals surface area contributed by atoms with Crippen LogP contribution in [-0.2, 0) is 0 Å². The van der Waals surface area contributed by atoms with Gasteiger partial charge in [0.05, 0.1) is 6.10 Å². The van der Waals surface area contributed by atoms with Crippen LogP contribution in [0.3, 0.4) is 0 Å². The third-order valence-electron chi connectivity index (χ3n) is 1.45. The van der Waals surface area contributed by atoms with Crippen LogP contribution in [0.4, 0.5) is 0 Å². The molecule has 1 unspecified atom stereocenters. The Kier molecular flexibility index (Phi) is 1.30. The third-order valence-corrected chi connectivity index (χ3v) is 1.45. The summed E-state index contributed by atoms with van der Waals surface area (Å²) < 4.78 is 0. The summed E-state index contributed by atoms with van der Waals surface area (Å²) in [7, 11) is 0.